The molecule has 1 fully saturated rings. The molecule has 0 radical (unpaired) electrons. The van der Waals surface area contributed by atoms with Gasteiger partial charge < -0.3 is 14.0 Å². The monoisotopic (exact) mass is 359 g/mol. The summed E-state index contributed by atoms with van der Waals surface area (Å²) < 4.78 is 39.3. The molecule has 0 aliphatic carbocycles. The van der Waals surface area contributed by atoms with E-state index >= 15 is 0 Å². The SMILES string of the molecule is CC[C@@H](CN1CCOCC1)NS(=O)(=O)c1cc(C(=O)OC)n(C)c1. The van der Waals surface area contributed by atoms with Crippen molar-refractivity contribution in [3.63, 3.8) is 0 Å². The van der Waals surface area contributed by atoms with E-state index in [4.69, 9.17) is 4.74 Å². The normalized spacial score (nSPS) is 17.6. The fraction of sp³-hybridized carbons (Fsp3) is 0.667. The number of carbonyl (C=O) groups is 1. The summed E-state index contributed by atoms with van der Waals surface area (Å²) in [6, 6.07) is 1.13. The molecular formula is C15H25N3O5S. The van der Waals surface area contributed by atoms with Crippen LogP contribution < -0.4 is 4.72 Å². The molecule has 136 valence electrons. The smallest absolute Gasteiger partial charge is 0.354 e. The molecule has 0 bridgehead atoms. The second-order valence-electron chi connectivity index (χ2n) is 5.80. The number of nitrogens with one attached hydrogen (secondary N) is 1. The molecule has 0 unspecified atom stereocenters. The summed E-state index contributed by atoms with van der Waals surface area (Å²) in [4.78, 5) is 13.9. The quantitative estimate of drug-likeness (QED) is 0.700. The highest BCUT2D eigenvalue weighted by Gasteiger charge is 2.25. The Morgan fingerprint density at radius 1 is 1.42 bits per heavy atom. The van der Waals surface area contributed by atoms with Crippen molar-refractivity contribution < 1.29 is 22.7 Å². The van der Waals surface area contributed by atoms with E-state index in [1.165, 1.54) is 23.9 Å². The van der Waals surface area contributed by atoms with Gasteiger partial charge in [-0.2, -0.15) is 0 Å². The summed E-state index contributed by atoms with van der Waals surface area (Å²) >= 11 is 0. The van der Waals surface area contributed by atoms with Gasteiger partial charge in [0.25, 0.3) is 0 Å². The zero-order valence-electron chi connectivity index (χ0n) is 14.3. The molecule has 2 rings (SSSR count). The van der Waals surface area contributed by atoms with Crippen molar-refractivity contribution in [2.45, 2.75) is 24.3 Å². The number of ether oxygens (including phenoxy) is 2. The minimum Gasteiger partial charge on any atom is -0.464 e. The minimum atomic E-state index is -3.70. The molecule has 8 nitrogen and oxygen atoms in total. The fourth-order valence-corrected chi connectivity index (χ4v) is 4.00. The maximum absolute atomic E-state index is 12.6. The Bertz CT molecular complexity index is 665. The van der Waals surface area contributed by atoms with Crippen molar-refractivity contribution in [1.82, 2.24) is 14.2 Å². The van der Waals surface area contributed by atoms with Crippen LogP contribution in [0.1, 0.15) is 23.8 Å². The molecule has 1 aromatic heterocycles. The number of sulfonamides is 1. The molecule has 0 spiro atoms. The van der Waals surface area contributed by atoms with Crippen LogP contribution in [0.4, 0.5) is 0 Å². The third-order valence-corrected chi connectivity index (χ3v) is 5.57. The van der Waals surface area contributed by atoms with Crippen molar-refractivity contribution in [3.05, 3.63) is 18.0 Å². The van der Waals surface area contributed by atoms with Crippen LogP contribution in [0.2, 0.25) is 0 Å². The molecule has 0 saturated carbocycles. The van der Waals surface area contributed by atoms with Gasteiger partial charge in [0.2, 0.25) is 10.0 Å². The molecule has 1 atom stereocenters. The van der Waals surface area contributed by atoms with Gasteiger partial charge in [-0.15, -0.1) is 0 Å². The minimum absolute atomic E-state index is 0.0610. The fourth-order valence-electron chi connectivity index (χ4n) is 2.62. The van der Waals surface area contributed by atoms with Gasteiger partial charge in [-0.3, -0.25) is 4.90 Å². The van der Waals surface area contributed by atoms with Gasteiger partial charge in [-0.1, -0.05) is 6.92 Å². The molecule has 24 heavy (non-hydrogen) atoms. The number of aromatic nitrogens is 1. The number of morpholine rings is 1. The van der Waals surface area contributed by atoms with E-state index in [1.54, 1.807) is 7.05 Å². The number of rotatable bonds is 7. The van der Waals surface area contributed by atoms with Crippen LogP contribution in [-0.2, 0) is 26.5 Å². The first-order valence-corrected chi connectivity index (χ1v) is 9.42. The van der Waals surface area contributed by atoms with Crippen molar-refractivity contribution in [2.75, 3.05) is 40.0 Å². The first-order chi connectivity index (χ1) is 11.4. The summed E-state index contributed by atoms with van der Waals surface area (Å²) in [7, 11) is -0.834. The highest BCUT2D eigenvalue weighted by Crippen LogP contribution is 2.15. The van der Waals surface area contributed by atoms with E-state index in [9.17, 15) is 13.2 Å². The predicted molar refractivity (Wildman–Crippen MR) is 88.4 cm³/mol. The second kappa shape index (κ2) is 8.11. The maximum atomic E-state index is 12.6. The average Bonchev–Trinajstić information content (AvgIpc) is 2.97. The Labute approximate surface area is 142 Å². The Kier molecular flexibility index (Phi) is 6.39. The Morgan fingerprint density at radius 2 is 2.08 bits per heavy atom. The first-order valence-electron chi connectivity index (χ1n) is 7.94. The highest BCUT2D eigenvalue weighted by atomic mass is 32.2. The molecule has 2 heterocycles. The zero-order valence-corrected chi connectivity index (χ0v) is 15.1. The molecule has 1 N–H and O–H groups in total. The number of aryl methyl sites for hydroxylation is 1. The van der Waals surface area contributed by atoms with Gasteiger partial charge in [0.05, 0.1) is 20.3 Å². The number of esters is 1. The van der Waals surface area contributed by atoms with Crippen LogP contribution in [-0.4, -0.2) is 69.9 Å². The number of methoxy groups -OCH3 is 1. The Morgan fingerprint density at radius 3 is 2.67 bits per heavy atom. The van der Waals surface area contributed by atoms with Gasteiger partial charge >= 0.3 is 5.97 Å². The molecule has 1 aliphatic heterocycles. The second-order valence-corrected chi connectivity index (χ2v) is 7.52. The van der Waals surface area contributed by atoms with Gasteiger partial charge in [-0.05, 0) is 12.5 Å². The van der Waals surface area contributed by atoms with E-state index in [1.807, 2.05) is 6.92 Å². The van der Waals surface area contributed by atoms with Gasteiger partial charge in [-0.25, -0.2) is 17.9 Å². The highest BCUT2D eigenvalue weighted by molar-refractivity contribution is 7.89. The van der Waals surface area contributed by atoms with Crippen LogP contribution in [0.3, 0.4) is 0 Å². The Balaban J connectivity index is 2.09. The van der Waals surface area contributed by atoms with Crippen LogP contribution in [0.15, 0.2) is 17.2 Å². The first kappa shape index (κ1) is 18.9. The van der Waals surface area contributed by atoms with Crippen LogP contribution >= 0.6 is 0 Å². The molecule has 9 heteroatoms. The van der Waals surface area contributed by atoms with Crippen LogP contribution in [0.5, 0.6) is 0 Å². The van der Waals surface area contributed by atoms with Crippen molar-refractivity contribution in [3.8, 4) is 0 Å². The van der Waals surface area contributed by atoms with E-state index in [0.717, 1.165) is 13.1 Å². The van der Waals surface area contributed by atoms with Gasteiger partial charge in [0.1, 0.15) is 10.6 Å². The van der Waals surface area contributed by atoms with Crippen molar-refractivity contribution in [2.24, 2.45) is 7.05 Å². The summed E-state index contributed by atoms with van der Waals surface area (Å²) in [6.07, 6.45) is 2.09. The summed E-state index contributed by atoms with van der Waals surface area (Å²) in [5.41, 5.74) is 0.194. The molecule has 0 aromatic carbocycles. The van der Waals surface area contributed by atoms with Crippen LogP contribution in [0, 0.1) is 0 Å². The predicted octanol–water partition coefficient (Wildman–Crippen LogP) is 0.201. The van der Waals surface area contributed by atoms with E-state index in [0.29, 0.717) is 26.2 Å². The average molecular weight is 359 g/mol. The van der Waals surface area contributed by atoms with Crippen molar-refractivity contribution in [1.29, 1.82) is 0 Å². The molecule has 1 aliphatic rings. The number of carbonyl (C=O) groups excluding carboxylic acids is 1. The maximum Gasteiger partial charge on any atom is 0.354 e. The lowest BCUT2D eigenvalue weighted by molar-refractivity contribution is 0.0344. The lowest BCUT2D eigenvalue weighted by Gasteiger charge is -2.30. The molecule has 1 saturated heterocycles. The molecule has 0 amide bonds. The van der Waals surface area contributed by atoms with Crippen LogP contribution in [0.25, 0.3) is 0 Å². The lowest BCUT2D eigenvalue weighted by Crippen LogP contribution is -2.46. The standard InChI is InChI=1S/C15H25N3O5S/c1-4-12(10-18-5-7-23-8-6-18)16-24(20,21)13-9-14(15(19)22-3)17(2)11-13/h9,11-12,16H,4-8,10H2,1-3H3/t12-/m0/s1. The van der Waals surface area contributed by atoms with Gasteiger partial charge in [0.15, 0.2) is 0 Å². The van der Waals surface area contributed by atoms with E-state index in [2.05, 4.69) is 14.4 Å². The third-order valence-electron chi connectivity index (χ3n) is 4.08. The van der Waals surface area contributed by atoms with E-state index in [-0.39, 0.29) is 16.6 Å². The van der Waals surface area contributed by atoms with Crippen molar-refractivity contribution >= 4 is 16.0 Å². The molecule has 1 aromatic rings. The van der Waals surface area contributed by atoms with Gasteiger partial charge in [0, 0.05) is 38.9 Å². The number of hydrogen-bond acceptors (Lipinski definition) is 6. The Hall–Kier alpha value is -1.42. The lowest BCUT2D eigenvalue weighted by atomic mass is 10.2. The molecular weight excluding hydrogens is 334 g/mol. The third kappa shape index (κ3) is 4.56. The summed E-state index contributed by atoms with van der Waals surface area (Å²) in [5.74, 6) is -0.570. The zero-order chi connectivity index (χ0) is 17.7. The van der Waals surface area contributed by atoms with E-state index < -0.39 is 16.0 Å². The largest absolute Gasteiger partial charge is 0.464 e. The summed E-state index contributed by atoms with van der Waals surface area (Å²) in [6.45, 7) is 5.52. The topological polar surface area (TPSA) is 89.9 Å². The number of nitrogens with zero attached hydrogens (tertiary/aromatic N) is 2. The number of hydrogen-bond donors (Lipinski definition) is 1. The summed E-state index contributed by atoms with van der Waals surface area (Å²) in [5, 5.41) is 0.